The number of likely N-dealkylation sites (tertiary alicyclic amines) is 2. The number of rotatable bonds is 10. The number of carbonyl (C=O) groups excluding carboxylic acids is 3. The number of nitrogens with zero attached hydrogens (tertiary/aromatic N) is 7. The fraction of sp³-hybridized carbons (Fsp3) is 0.438. The number of carboxylic acids is 1. The van der Waals surface area contributed by atoms with Gasteiger partial charge in [-0.1, -0.05) is 30.3 Å². The summed E-state index contributed by atoms with van der Waals surface area (Å²) in [5.74, 6) is -1.35. The average Bonchev–Trinajstić information content (AvgIpc) is 3.97. The number of para-hydroxylation sites is 1. The molecule has 2 atom stereocenters. The predicted molar refractivity (Wildman–Crippen MR) is 247 cm³/mol. The summed E-state index contributed by atoms with van der Waals surface area (Å²) in [7, 11) is 2.16. The van der Waals surface area contributed by atoms with E-state index in [1.807, 2.05) is 61.2 Å². The van der Waals surface area contributed by atoms with Gasteiger partial charge in [0.15, 0.2) is 0 Å². The molecule has 9 rings (SSSR count). The van der Waals surface area contributed by atoms with Crippen molar-refractivity contribution in [3.63, 3.8) is 0 Å². The number of urea groups is 1. The highest BCUT2D eigenvalue weighted by molar-refractivity contribution is 5.95. The highest BCUT2D eigenvalue weighted by Crippen LogP contribution is 2.28. The number of hydrogen-bond acceptors (Lipinski definition) is 9. The molecule has 3 aliphatic heterocycles. The monoisotopic (exact) mass is 883 g/mol. The predicted octanol–water partition coefficient (Wildman–Crippen LogP) is 4.36. The highest BCUT2D eigenvalue weighted by Gasteiger charge is 2.34. The number of aromatic amines is 2. The molecule has 65 heavy (non-hydrogen) atoms. The molecule has 0 unspecified atom stereocenters. The van der Waals surface area contributed by atoms with E-state index in [-0.39, 0.29) is 30.2 Å². The van der Waals surface area contributed by atoms with Crippen LogP contribution in [0.4, 0.5) is 9.59 Å². The topological polar surface area (TPSA) is 205 Å². The smallest absolute Gasteiger partial charge is 0.343 e. The van der Waals surface area contributed by atoms with Crippen LogP contribution in [0.1, 0.15) is 59.4 Å². The number of benzene rings is 3. The van der Waals surface area contributed by atoms with Crippen LogP contribution >= 0.6 is 0 Å². The lowest BCUT2D eigenvalue weighted by Crippen LogP contribution is -2.58. The Bertz CT molecular complexity index is 2810. The van der Waals surface area contributed by atoms with E-state index in [0.29, 0.717) is 72.7 Å². The molecule has 0 radical (unpaired) electrons. The molecule has 3 fully saturated rings. The van der Waals surface area contributed by atoms with Crippen LogP contribution < -0.4 is 16.2 Å². The first kappa shape index (κ1) is 43.7. The molecular formula is C48H57N11O6. The minimum absolute atomic E-state index is 0.000217. The van der Waals surface area contributed by atoms with Crippen molar-refractivity contribution in [2.24, 2.45) is 0 Å². The molecule has 3 aliphatic rings. The van der Waals surface area contributed by atoms with E-state index in [1.54, 1.807) is 29.4 Å². The van der Waals surface area contributed by atoms with E-state index in [1.165, 1.54) is 4.68 Å². The van der Waals surface area contributed by atoms with Gasteiger partial charge in [-0.2, -0.15) is 14.9 Å². The maximum atomic E-state index is 14.4. The zero-order chi connectivity index (χ0) is 45.4. The van der Waals surface area contributed by atoms with Crippen LogP contribution in [0, 0.1) is 13.8 Å². The van der Waals surface area contributed by atoms with Crippen molar-refractivity contribution in [2.45, 2.75) is 76.4 Å². The van der Waals surface area contributed by atoms with Gasteiger partial charge < -0.3 is 35.4 Å². The van der Waals surface area contributed by atoms with Crippen LogP contribution in [0.2, 0.25) is 0 Å². The highest BCUT2D eigenvalue weighted by atomic mass is 16.4. The minimum Gasteiger partial charge on any atom is -0.480 e. The van der Waals surface area contributed by atoms with Gasteiger partial charge in [-0.25, -0.2) is 14.4 Å². The first-order chi connectivity index (χ1) is 31.4. The Morgan fingerprint density at radius 3 is 2.17 bits per heavy atom. The van der Waals surface area contributed by atoms with Crippen LogP contribution in [0.5, 0.6) is 0 Å². The van der Waals surface area contributed by atoms with Gasteiger partial charge in [-0.05, 0) is 117 Å². The second-order valence-corrected chi connectivity index (χ2v) is 18.2. The molecule has 3 saturated heterocycles. The average molecular weight is 884 g/mol. The second kappa shape index (κ2) is 18.5. The van der Waals surface area contributed by atoms with Crippen molar-refractivity contribution in [1.82, 2.24) is 55.2 Å². The molecule has 17 heteroatoms. The third-order valence-corrected chi connectivity index (χ3v) is 13.8. The zero-order valence-corrected chi connectivity index (χ0v) is 37.2. The lowest BCUT2D eigenvalue weighted by atomic mass is 9.89. The van der Waals surface area contributed by atoms with Crippen LogP contribution in [0.3, 0.4) is 0 Å². The van der Waals surface area contributed by atoms with Gasteiger partial charge in [0.1, 0.15) is 12.1 Å². The van der Waals surface area contributed by atoms with Crippen LogP contribution in [-0.2, 0) is 22.4 Å². The Morgan fingerprint density at radius 1 is 0.754 bits per heavy atom. The van der Waals surface area contributed by atoms with Crippen LogP contribution in [-0.4, -0.2) is 151 Å². The number of pyridine rings is 1. The summed E-state index contributed by atoms with van der Waals surface area (Å²) in [4.78, 5) is 78.8. The van der Waals surface area contributed by atoms with E-state index in [0.717, 1.165) is 72.0 Å². The fourth-order valence-electron chi connectivity index (χ4n) is 10.2. The van der Waals surface area contributed by atoms with Gasteiger partial charge in [0.25, 0.3) is 5.56 Å². The van der Waals surface area contributed by atoms with Crippen LogP contribution in [0.15, 0.2) is 71.8 Å². The standard InChI is InChI=1S/C48H57N11O6/c1-29-20-31(22-35-27-49-54-42(29)35)24-40(45(61)57-18-16-56(17-19-57)37-10-12-55(3)13-11-37)52-48(65)59-43-30(2)21-32(23-36(43)28-50-59)25-41(46(62)63)53-47(64)58-14-8-33(9-15-58)38-26-34-6-4-5-7-39(34)51-44(38)60/h4-7,20-23,26-28,33,37,40-41H,8-19,24-25H2,1-3H3,(H,49,54)(H,51,60)(H,52,65)(H,53,64)(H,62,63)/t40-,41-/m0/s1. The van der Waals surface area contributed by atoms with Gasteiger partial charge in [0.2, 0.25) is 5.91 Å². The molecule has 340 valence electrons. The molecule has 3 aromatic heterocycles. The fourth-order valence-corrected chi connectivity index (χ4v) is 10.2. The summed E-state index contributed by atoms with van der Waals surface area (Å²) < 4.78 is 1.27. The maximum absolute atomic E-state index is 14.4. The van der Waals surface area contributed by atoms with E-state index >= 15 is 0 Å². The van der Waals surface area contributed by atoms with E-state index in [2.05, 4.69) is 47.8 Å². The third-order valence-electron chi connectivity index (χ3n) is 13.8. The van der Waals surface area contributed by atoms with Gasteiger partial charge in [0, 0.05) is 80.0 Å². The number of aryl methyl sites for hydroxylation is 2. The molecule has 6 aromatic rings. The molecule has 0 spiro atoms. The molecular weight excluding hydrogens is 827 g/mol. The van der Waals surface area contributed by atoms with E-state index in [9.17, 15) is 29.1 Å². The first-order valence-electron chi connectivity index (χ1n) is 22.7. The number of hydrogen-bond donors (Lipinski definition) is 5. The number of nitrogens with one attached hydrogen (secondary N) is 4. The molecule has 6 heterocycles. The van der Waals surface area contributed by atoms with Crippen molar-refractivity contribution >= 4 is 56.6 Å². The quantitative estimate of drug-likeness (QED) is 0.132. The Kier molecular flexibility index (Phi) is 12.4. The van der Waals surface area contributed by atoms with Crippen molar-refractivity contribution < 1.29 is 24.3 Å². The summed E-state index contributed by atoms with van der Waals surface area (Å²) in [6.45, 7) is 9.44. The van der Waals surface area contributed by atoms with Gasteiger partial charge >= 0.3 is 18.0 Å². The normalized spacial score (nSPS) is 18.0. The third kappa shape index (κ3) is 9.34. The SMILES string of the molecule is Cc1cc(C[C@H](NC(=O)n2ncc3cc(C[C@H](NC(=O)N4CCC(c5cc6ccccc6[nH]c5=O)CC4)C(=O)O)cc(C)c32)C(=O)N2CCN(C3CCN(C)CC3)CC2)cc2cn[nH]c12. The minimum atomic E-state index is -1.22. The Balaban J connectivity index is 0.867. The number of carbonyl (C=O) groups is 4. The van der Waals surface area contributed by atoms with Crippen molar-refractivity contribution in [3.8, 4) is 0 Å². The van der Waals surface area contributed by atoms with Crippen molar-refractivity contribution in [2.75, 3.05) is 59.4 Å². The number of fused-ring (bicyclic) bond motifs is 3. The number of H-pyrrole nitrogens is 2. The van der Waals surface area contributed by atoms with E-state index in [4.69, 9.17) is 0 Å². The van der Waals surface area contributed by atoms with Gasteiger partial charge in [0.05, 0.1) is 23.4 Å². The van der Waals surface area contributed by atoms with E-state index < -0.39 is 30.1 Å². The Labute approximate surface area is 376 Å². The molecule has 17 nitrogen and oxygen atoms in total. The summed E-state index contributed by atoms with van der Waals surface area (Å²) in [6, 6.07) is 14.5. The first-order valence-corrected chi connectivity index (χ1v) is 22.7. The summed E-state index contributed by atoms with van der Waals surface area (Å²) >= 11 is 0. The van der Waals surface area contributed by atoms with Crippen LogP contribution in [0.25, 0.3) is 32.7 Å². The number of carboxylic acid groups (broad SMARTS) is 1. The van der Waals surface area contributed by atoms with Gasteiger partial charge in [-0.3, -0.25) is 19.6 Å². The maximum Gasteiger partial charge on any atom is 0.343 e. The van der Waals surface area contributed by atoms with Gasteiger partial charge in [-0.15, -0.1) is 0 Å². The molecule has 4 amide bonds. The lowest BCUT2D eigenvalue weighted by Gasteiger charge is -2.42. The summed E-state index contributed by atoms with van der Waals surface area (Å²) in [6.07, 6.45) is 6.97. The zero-order valence-electron chi connectivity index (χ0n) is 37.2. The molecule has 0 saturated carbocycles. The number of piperidine rings is 2. The molecule has 3 aromatic carbocycles. The molecule has 0 bridgehead atoms. The Hall–Kier alpha value is -6.59. The number of amides is 4. The second-order valence-electron chi connectivity index (χ2n) is 18.2. The Morgan fingerprint density at radius 2 is 1.43 bits per heavy atom. The van der Waals surface area contributed by atoms with Crippen molar-refractivity contribution in [3.05, 3.63) is 105 Å². The van der Waals surface area contributed by atoms with Crippen molar-refractivity contribution in [1.29, 1.82) is 0 Å². The summed E-state index contributed by atoms with van der Waals surface area (Å²) in [5, 5.41) is 30.2. The molecule has 5 N–H and O–H groups in total. The summed E-state index contributed by atoms with van der Waals surface area (Å²) in [5.41, 5.74) is 6.01. The largest absolute Gasteiger partial charge is 0.480 e. The number of aliphatic carboxylic acids is 1. The lowest BCUT2D eigenvalue weighted by molar-refractivity contribution is -0.139. The number of piperazine rings is 1. The number of aromatic nitrogens is 5. The molecule has 0 aliphatic carbocycles.